The number of piperazine rings is 1. The van der Waals surface area contributed by atoms with Crippen LogP contribution in [-0.2, 0) is 4.79 Å². The number of hydrogen-bond acceptors (Lipinski definition) is 5. The van der Waals surface area contributed by atoms with Gasteiger partial charge in [0.2, 0.25) is 11.8 Å². The third-order valence-electron chi connectivity index (χ3n) is 5.19. The van der Waals surface area contributed by atoms with Crippen molar-refractivity contribution >= 4 is 23.3 Å². The summed E-state index contributed by atoms with van der Waals surface area (Å²) in [4.78, 5) is 25.3. The molecule has 1 aliphatic heterocycles. The fourth-order valence-electron chi connectivity index (χ4n) is 3.58. The van der Waals surface area contributed by atoms with E-state index in [0.29, 0.717) is 29.6 Å². The Labute approximate surface area is 177 Å². The van der Waals surface area contributed by atoms with Crippen LogP contribution >= 0.6 is 11.6 Å². The minimum Gasteiger partial charge on any atom is -0.437 e. The Morgan fingerprint density at radius 2 is 2.03 bits per heavy atom. The van der Waals surface area contributed by atoms with Crippen LogP contribution in [0.25, 0.3) is 0 Å². The molecule has 2 heterocycles. The Morgan fingerprint density at radius 3 is 2.79 bits per heavy atom. The highest BCUT2D eigenvalue weighted by atomic mass is 35.5. The van der Waals surface area contributed by atoms with E-state index in [9.17, 15) is 4.79 Å². The molecule has 1 saturated heterocycles. The summed E-state index contributed by atoms with van der Waals surface area (Å²) in [6, 6.07) is 9.26. The van der Waals surface area contributed by atoms with Crippen molar-refractivity contribution in [1.29, 1.82) is 0 Å². The zero-order valence-corrected chi connectivity index (χ0v) is 17.9. The average molecular weight is 417 g/mol. The van der Waals surface area contributed by atoms with Crippen molar-refractivity contribution in [3.05, 3.63) is 41.7 Å². The van der Waals surface area contributed by atoms with E-state index in [-0.39, 0.29) is 11.9 Å². The molecule has 1 amide bonds. The molecule has 0 bridgehead atoms. The summed E-state index contributed by atoms with van der Waals surface area (Å²) in [6.45, 7) is 6.47. The number of hydrogen-bond donors (Lipinski definition) is 0. The van der Waals surface area contributed by atoms with Crippen LogP contribution in [-0.4, -0.2) is 46.5 Å². The molecule has 2 aromatic rings. The minimum atomic E-state index is 0.144. The average Bonchev–Trinajstić information content (AvgIpc) is 2.73. The summed E-state index contributed by atoms with van der Waals surface area (Å²) in [7, 11) is 0. The molecule has 1 fully saturated rings. The summed E-state index contributed by atoms with van der Waals surface area (Å²) < 4.78 is 5.82. The van der Waals surface area contributed by atoms with Gasteiger partial charge in [-0.1, -0.05) is 49.9 Å². The van der Waals surface area contributed by atoms with Gasteiger partial charge in [0, 0.05) is 38.2 Å². The zero-order valence-electron chi connectivity index (χ0n) is 17.2. The van der Waals surface area contributed by atoms with Crippen LogP contribution in [0, 0.1) is 0 Å². The first-order chi connectivity index (χ1) is 14.1. The van der Waals surface area contributed by atoms with Crippen molar-refractivity contribution in [2.75, 3.05) is 24.5 Å². The van der Waals surface area contributed by atoms with E-state index in [1.54, 1.807) is 12.1 Å². The number of aromatic nitrogens is 2. The first-order valence-electron chi connectivity index (χ1n) is 10.4. The van der Waals surface area contributed by atoms with E-state index in [0.717, 1.165) is 31.7 Å². The maximum Gasteiger partial charge on any atom is 0.224 e. The first-order valence-corrected chi connectivity index (χ1v) is 10.7. The second-order valence-corrected chi connectivity index (χ2v) is 7.85. The van der Waals surface area contributed by atoms with Crippen molar-refractivity contribution in [3.63, 3.8) is 0 Å². The van der Waals surface area contributed by atoms with E-state index < -0.39 is 0 Å². The van der Waals surface area contributed by atoms with Crippen LogP contribution in [0.4, 0.5) is 5.82 Å². The van der Waals surface area contributed by atoms with Gasteiger partial charge >= 0.3 is 0 Å². The molecular formula is C22H29ClN4O2. The van der Waals surface area contributed by atoms with Crippen molar-refractivity contribution in [2.45, 2.75) is 52.0 Å². The molecule has 1 atom stereocenters. The van der Waals surface area contributed by atoms with E-state index in [1.165, 1.54) is 19.2 Å². The van der Waals surface area contributed by atoms with Gasteiger partial charge in [-0.2, -0.15) is 0 Å². The molecule has 156 valence electrons. The van der Waals surface area contributed by atoms with Crippen LogP contribution < -0.4 is 9.64 Å². The number of unbranched alkanes of at least 4 members (excludes halogenated alkanes) is 3. The number of ether oxygens (including phenoxy) is 1. The van der Waals surface area contributed by atoms with Gasteiger partial charge in [-0.05, 0) is 25.5 Å². The lowest BCUT2D eigenvalue weighted by Crippen LogP contribution is -2.54. The van der Waals surface area contributed by atoms with Gasteiger partial charge in [0.25, 0.3) is 0 Å². The van der Waals surface area contributed by atoms with E-state index in [1.807, 2.05) is 23.1 Å². The highest BCUT2D eigenvalue weighted by Gasteiger charge is 2.27. The highest BCUT2D eigenvalue weighted by molar-refractivity contribution is 6.32. The molecular weight excluding hydrogens is 388 g/mol. The fourth-order valence-corrected chi connectivity index (χ4v) is 3.76. The lowest BCUT2D eigenvalue weighted by molar-refractivity contribution is -0.133. The highest BCUT2D eigenvalue weighted by Crippen LogP contribution is 2.29. The third-order valence-corrected chi connectivity index (χ3v) is 5.51. The first kappa shape index (κ1) is 21.4. The molecule has 0 aliphatic carbocycles. The molecule has 3 rings (SSSR count). The topological polar surface area (TPSA) is 58.6 Å². The second kappa shape index (κ2) is 10.4. The Morgan fingerprint density at radius 1 is 1.21 bits per heavy atom. The van der Waals surface area contributed by atoms with Crippen LogP contribution in [0.15, 0.2) is 36.7 Å². The third kappa shape index (κ3) is 5.82. The number of carbonyl (C=O) groups excluding carboxylic acids is 1. The Hall–Kier alpha value is -2.34. The van der Waals surface area contributed by atoms with Gasteiger partial charge in [0.15, 0.2) is 0 Å². The number of carbonyl (C=O) groups is 1. The van der Waals surface area contributed by atoms with Gasteiger partial charge in [0.1, 0.15) is 17.9 Å². The van der Waals surface area contributed by atoms with Crippen molar-refractivity contribution in [3.8, 4) is 11.6 Å². The van der Waals surface area contributed by atoms with E-state index >= 15 is 0 Å². The minimum absolute atomic E-state index is 0.144. The predicted molar refractivity (Wildman–Crippen MR) is 116 cm³/mol. The van der Waals surface area contributed by atoms with Gasteiger partial charge < -0.3 is 14.5 Å². The van der Waals surface area contributed by atoms with Crippen LogP contribution in [0.1, 0.15) is 46.0 Å². The standard InChI is InChI=1S/C22H29ClN4O2/c1-3-4-5-6-11-22(28)27-13-12-26(15-17(27)2)20-14-21(25-16-24-20)29-19-10-8-7-9-18(19)23/h7-10,14,16-17H,3-6,11-13,15H2,1-2H3/t17-/m1/s1. The summed E-state index contributed by atoms with van der Waals surface area (Å²) in [6.07, 6.45) is 6.64. The Kier molecular flexibility index (Phi) is 7.69. The van der Waals surface area contributed by atoms with Crippen LogP contribution in [0.5, 0.6) is 11.6 Å². The normalized spacial score (nSPS) is 16.7. The number of para-hydroxylation sites is 1. The molecule has 29 heavy (non-hydrogen) atoms. The number of amides is 1. The number of benzene rings is 1. The zero-order chi connectivity index (χ0) is 20.6. The molecule has 1 aromatic carbocycles. The van der Waals surface area contributed by atoms with Gasteiger partial charge in [-0.25, -0.2) is 9.97 Å². The monoisotopic (exact) mass is 416 g/mol. The lowest BCUT2D eigenvalue weighted by atomic mass is 10.1. The molecule has 1 aliphatic rings. The van der Waals surface area contributed by atoms with Crippen LogP contribution in [0.2, 0.25) is 5.02 Å². The van der Waals surface area contributed by atoms with Crippen molar-refractivity contribution < 1.29 is 9.53 Å². The summed E-state index contributed by atoms with van der Waals surface area (Å²) in [5.41, 5.74) is 0. The number of anilines is 1. The smallest absolute Gasteiger partial charge is 0.224 e. The number of nitrogens with zero attached hydrogens (tertiary/aromatic N) is 4. The van der Waals surface area contributed by atoms with Crippen molar-refractivity contribution in [1.82, 2.24) is 14.9 Å². The largest absolute Gasteiger partial charge is 0.437 e. The quantitative estimate of drug-likeness (QED) is 0.571. The summed E-state index contributed by atoms with van der Waals surface area (Å²) in [5, 5.41) is 0.535. The molecule has 0 N–H and O–H groups in total. The molecule has 0 spiro atoms. The van der Waals surface area contributed by atoms with E-state index in [4.69, 9.17) is 16.3 Å². The molecule has 0 radical (unpaired) electrons. The second-order valence-electron chi connectivity index (χ2n) is 7.44. The Bertz CT molecular complexity index is 817. The molecule has 6 nitrogen and oxygen atoms in total. The SMILES string of the molecule is CCCCCCC(=O)N1CCN(c2cc(Oc3ccccc3Cl)ncn2)C[C@H]1C. The summed E-state index contributed by atoms with van der Waals surface area (Å²) in [5.74, 6) is 2.07. The maximum absolute atomic E-state index is 12.6. The predicted octanol–water partition coefficient (Wildman–Crippen LogP) is 4.93. The fraction of sp³-hybridized carbons (Fsp3) is 0.500. The van der Waals surface area contributed by atoms with Crippen LogP contribution in [0.3, 0.4) is 0 Å². The van der Waals surface area contributed by atoms with Gasteiger partial charge in [-0.15, -0.1) is 0 Å². The molecule has 7 heteroatoms. The number of halogens is 1. The van der Waals surface area contributed by atoms with Gasteiger partial charge in [-0.3, -0.25) is 4.79 Å². The number of rotatable bonds is 8. The van der Waals surface area contributed by atoms with Gasteiger partial charge in [0.05, 0.1) is 5.02 Å². The molecule has 0 saturated carbocycles. The maximum atomic E-state index is 12.6. The Balaban J connectivity index is 1.58. The molecule has 0 unspecified atom stereocenters. The lowest BCUT2D eigenvalue weighted by Gasteiger charge is -2.40. The summed E-state index contributed by atoms with van der Waals surface area (Å²) >= 11 is 6.16. The van der Waals surface area contributed by atoms with E-state index in [2.05, 4.69) is 28.7 Å². The molecule has 1 aromatic heterocycles. The van der Waals surface area contributed by atoms with Crippen molar-refractivity contribution in [2.24, 2.45) is 0 Å².